The fourth-order valence-corrected chi connectivity index (χ4v) is 2.79. The molecule has 0 aromatic heterocycles. The standard InChI is InChI=1S/C15H22N2O3/c1-19-12-9-5-8-11(14(12)20-2)13(15(16)18)17-10-6-3-4-7-10/h5,8-10,13,17H,3-4,6-7H2,1-2H3,(H2,16,18). The topological polar surface area (TPSA) is 73.6 Å². The highest BCUT2D eigenvalue weighted by molar-refractivity contribution is 5.82. The number of benzene rings is 1. The number of methoxy groups -OCH3 is 2. The van der Waals surface area contributed by atoms with Crippen molar-refractivity contribution >= 4 is 5.91 Å². The quantitative estimate of drug-likeness (QED) is 0.831. The second-order valence-corrected chi connectivity index (χ2v) is 5.07. The van der Waals surface area contributed by atoms with Crippen LogP contribution in [0.5, 0.6) is 11.5 Å². The molecule has 0 spiro atoms. The molecule has 3 N–H and O–H groups in total. The number of nitrogens with one attached hydrogen (secondary N) is 1. The van der Waals surface area contributed by atoms with Crippen molar-refractivity contribution in [3.63, 3.8) is 0 Å². The Hall–Kier alpha value is -1.75. The first kappa shape index (κ1) is 14.7. The van der Waals surface area contributed by atoms with Crippen molar-refractivity contribution in [2.75, 3.05) is 14.2 Å². The monoisotopic (exact) mass is 278 g/mol. The highest BCUT2D eigenvalue weighted by atomic mass is 16.5. The number of rotatable bonds is 6. The van der Waals surface area contributed by atoms with Crippen LogP contribution in [0.15, 0.2) is 18.2 Å². The van der Waals surface area contributed by atoms with Crippen molar-refractivity contribution in [2.24, 2.45) is 5.73 Å². The van der Waals surface area contributed by atoms with Gasteiger partial charge in [-0.1, -0.05) is 25.0 Å². The first-order valence-corrected chi connectivity index (χ1v) is 6.93. The number of nitrogens with two attached hydrogens (primary N) is 1. The smallest absolute Gasteiger partial charge is 0.239 e. The Morgan fingerprint density at radius 1 is 1.30 bits per heavy atom. The molecular weight excluding hydrogens is 256 g/mol. The van der Waals surface area contributed by atoms with Crippen LogP contribution < -0.4 is 20.5 Å². The minimum absolute atomic E-state index is 0.336. The fourth-order valence-electron chi connectivity index (χ4n) is 2.79. The summed E-state index contributed by atoms with van der Waals surface area (Å²) in [7, 11) is 3.14. The van der Waals surface area contributed by atoms with Gasteiger partial charge in [0, 0.05) is 11.6 Å². The molecule has 1 unspecified atom stereocenters. The third-order valence-electron chi connectivity index (χ3n) is 3.79. The molecule has 1 aromatic rings. The van der Waals surface area contributed by atoms with E-state index >= 15 is 0 Å². The van der Waals surface area contributed by atoms with Crippen molar-refractivity contribution < 1.29 is 14.3 Å². The predicted molar refractivity (Wildman–Crippen MR) is 76.9 cm³/mol. The van der Waals surface area contributed by atoms with E-state index in [1.165, 1.54) is 12.8 Å². The summed E-state index contributed by atoms with van der Waals surface area (Å²) in [5.74, 6) is 0.761. The number of para-hydroxylation sites is 1. The molecular formula is C15H22N2O3. The lowest BCUT2D eigenvalue weighted by Crippen LogP contribution is -2.39. The molecule has 0 radical (unpaired) electrons. The van der Waals surface area contributed by atoms with Crippen molar-refractivity contribution in [2.45, 2.75) is 37.8 Å². The first-order valence-electron chi connectivity index (χ1n) is 6.93. The second kappa shape index (κ2) is 6.61. The molecule has 1 aliphatic rings. The summed E-state index contributed by atoms with van der Waals surface area (Å²) >= 11 is 0. The van der Waals surface area contributed by atoms with Crippen LogP contribution in [0.25, 0.3) is 0 Å². The summed E-state index contributed by atoms with van der Waals surface area (Å²) in [4.78, 5) is 11.8. The van der Waals surface area contributed by atoms with Crippen LogP contribution in [-0.4, -0.2) is 26.2 Å². The van der Waals surface area contributed by atoms with E-state index in [0.717, 1.165) is 18.4 Å². The SMILES string of the molecule is COc1cccc(C(NC2CCCC2)C(N)=O)c1OC. The van der Waals surface area contributed by atoms with Gasteiger partial charge >= 0.3 is 0 Å². The second-order valence-electron chi connectivity index (χ2n) is 5.07. The maximum atomic E-state index is 11.8. The molecule has 2 rings (SSSR count). The zero-order chi connectivity index (χ0) is 14.5. The number of carbonyl (C=O) groups excluding carboxylic acids is 1. The fraction of sp³-hybridized carbons (Fsp3) is 0.533. The van der Waals surface area contributed by atoms with Gasteiger partial charge in [-0.2, -0.15) is 0 Å². The molecule has 20 heavy (non-hydrogen) atoms. The third-order valence-corrected chi connectivity index (χ3v) is 3.79. The normalized spacial score (nSPS) is 16.9. The van der Waals surface area contributed by atoms with Crippen LogP contribution in [-0.2, 0) is 4.79 Å². The Morgan fingerprint density at radius 3 is 2.55 bits per heavy atom. The Kier molecular flexibility index (Phi) is 4.84. The number of hydrogen-bond acceptors (Lipinski definition) is 4. The van der Waals surface area contributed by atoms with Gasteiger partial charge in [0.05, 0.1) is 14.2 Å². The summed E-state index contributed by atoms with van der Waals surface area (Å²) in [6.07, 6.45) is 4.54. The molecule has 0 bridgehead atoms. The van der Waals surface area contributed by atoms with Gasteiger partial charge in [0.25, 0.3) is 0 Å². The molecule has 1 atom stereocenters. The van der Waals surface area contributed by atoms with Crippen molar-refractivity contribution in [1.29, 1.82) is 0 Å². The highest BCUT2D eigenvalue weighted by Gasteiger charge is 2.27. The molecule has 5 nitrogen and oxygen atoms in total. The molecule has 1 aromatic carbocycles. The molecule has 1 saturated carbocycles. The van der Waals surface area contributed by atoms with Gasteiger partial charge in [-0.05, 0) is 18.9 Å². The number of amides is 1. The van der Waals surface area contributed by atoms with Gasteiger partial charge in [-0.15, -0.1) is 0 Å². The maximum absolute atomic E-state index is 11.8. The van der Waals surface area contributed by atoms with Gasteiger partial charge < -0.3 is 15.2 Å². The van der Waals surface area contributed by atoms with Gasteiger partial charge in [0.15, 0.2) is 11.5 Å². The lowest BCUT2D eigenvalue weighted by molar-refractivity contribution is -0.120. The number of hydrogen-bond donors (Lipinski definition) is 2. The minimum Gasteiger partial charge on any atom is -0.493 e. The number of carbonyl (C=O) groups is 1. The molecule has 1 aliphatic carbocycles. The maximum Gasteiger partial charge on any atom is 0.239 e. The largest absolute Gasteiger partial charge is 0.493 e. The van der Waals surface area contributed by atoms with Crippen LogP contribution in [0.2, 0.25) is 0 Å². The Morgan fingerprint density at radius 2 is 2.00 bits per heavy atom. The Bertz CT molecular complexity index is 470. The van der Waals surface area contributed by atoms with Crippen molar-refractivity contribution in [1.82, 2.24) is 5.32 Å². The summed E-state index contributed by atoms with van der Waals surface area (Å²) < 4.78 is 10.7. The molecule has 110 valence electrons. The average Bonchev–Trinajstić information content (AvgIpc) is 2.96. The number of primary amides is 1. The van der Waals surface area contributed by atoms with Gasteiger partial charge in [-0.3, -0.25) is 10.1 Å². The predicted octanol–water partition coefficient (Wildman–Crippen LogP) is 1.76. The summed E-state index contributed by atoms with van der Waals surface area (Å²) in [5, 5.41) is 3.35. The lowest BCUT2D eigenvalue weighted by Gasteiger charge is -2.23. The van der Waals surface area contributed by atoms with E-state index in [-0.39, 0.29) is 0 Å². The van der Waals surface area contributed by atoms with Crippen LogP contribution in [0, 0.1) is 0 Å². The van der Waals surface area contributed by atoms with Crippen LogP contribution >= 0.6 is 0 Å². The molecule has 0 saturated heterocycles. The van der Waals surface area contributed by atoms with Gasteiger partial charge in [0.1, 0.15) is 6.04 Å². The summed E-state index contributed by atoms with van der Waals surface area (Å²) in [6, 6.07) is 5.27. The van der Waals surface area contributed by atoms with Gasteiger partial charge in [0.2, 0.25) is 5.91 Å². The highest BCUT2D eigenvalue weighted by Crippen LogP contribution is 2.35. The Labute approximate surface area is 119 Å². The molecule has 0 aliphatic heterocycles. The Balaban J connectivity index is 2.30. The van der Waals surface area contributed by atoms with Crippen LogP contribution in [0.4, 0.5) is 0 Å². The zero-order valence-corrected chi connectivity index (χ0v) is 12.0. The van der Waals surface area contributed by atoms with Crippen molar-refractivity contribution in [3.05, 3.63) is 23.8 Å². The molecule has 1 amide bonds. The van der Waals surface area contributed by atoms with E-state index in [1.807, 2.05) is 12.1 Å². The van der Waals surface area contributed by atoms with E-state index in [2.05, 4.69) is 5.32 Å². The molecule has 5 heteroatoms. The zero-order valence-electron chi connectivity index (χ0n) is 12.0. The average molecular weight is 278 g/mol. The third kappa shape index (κ3) is 3.04. The van der Waals surface area contributed by atoms with E-state index < -0.39 is 11.9 Å². The van der Waals surface area contributed by atoms with E-state index in [1.54, 1.807) is 20.3 Å². The minimum atomic E-state index is -0.553. The summed E-state index contributed by atoms with van der Waals surface area (Å²) in [5.41, 5.74) is 6.29. The van der Waals surface area contributed by atoms with Crippen molar-refractivity contribution in [3.8, 4) is 11.5 Å². The summed E-state index contributed by atoms with van der Waals surface area (Å²) in [6.45, 7) is 0. The lowest BCUT2D eigenvalue weighted by atomic mass is 10.0. The number of ether oxygens (including phenoxy) is 2. The van der Waals surface area contributed by atoms with Crippen LogP contribution in [0.3, 0.4) is 0 Å². The van der Waals surface area contributed by atoms with Gasteiger partial charge in [-0.25, -0.2) is 0 Å². The van der Waals surface area contributed by atoms with E-state index in [0.29, 0.717) is 17.5 Å². The first-order chi connectivity index (χ1) is 9.67. The van der Waals surface area contributed by atoms with E-state index in [4.69, 9.17) is 15.2 Å². The van der Waals surface area contributed by atoms with Crippen LogP contribution in [0.1, 0.15) is 37.3 Å². The molecule has 0 heterocycles. The van der Waals surface area contributed by atoms with E-state index in [9.17, 15) is 4.79 Å². The molecule has 1 fully saturated rings.